The summed E-state index contributed by atoms with van der Waals surface area (Å²) in [6.07, 6.45) is 10.1. The first-order chi connectivity index (χ1) is 10.2. The van der Waals surface area contributed by atoms with Crippen molar-refractivity contribution in [2.75, 3.05) is 6.54 Å². The second-order valence-corrected chi connectivity index (χ2v) is 8.01. The van der Waals surface area contributed by atoms with Gasteiger partial charge in [0.05, 0.1) is 11.6 Å². The van der Waals surface area contributed by atoms with Gasteiger partial charge in [-0.3, -0.25) is 4.57 Å². The number of rotatable bonds is 2. The van der Waals surface area contributed by atoms with Crippen LogP contribution in [0.25, 0.3) is 0 Å². The number of aromatic amines is 1. The van der Waals surface area contributed by atoms with Gasteiger partial charge in [-0.05, 0) is 75.7 Å². The minimum absolute atomic E-state index is 0.0284. The molecule has 5 nitrogen and oxygen atoms in total. The average Bonchev–Trinajstić information content (AvgIpc) is 3.05. The van der Waals surface area contributed by atoms with Crippen molar-refractivity contribution in [2.45, 2.75) is 62.9 Å². The largest absolute Gasteiger partial charge is 0.343 e. The Morgan fingerprint density at radius 3 is 2.33 bits per heavy atom. The van der Waals surface area contributed by atoms with Crippen LogP contribution < -0.4 is 11.0 Å². The van der Waals surface area contributed by atoms with E-state index >= 15 is 0 Å². The van der Waals surface area contributed by atoms with E-state index in [-0.39, 0.29) is 17.3 Å². The highest BCUT2D eigenvalue weighted by Gasteiger charge is 2.53. The summed E-state index contributed by atoms with van der Waals surface area (Å²) in [7, 11) is 0. The Hall–Kier alpha value is -1.10. The summed E-state index contributed by atoms with van der Waals surface area (Å²) in [6.45, 7) is 1.05. The number of nitrogens with one attached hydrogen (secondary N) is 2. The van der Waals surface area contributed by atoms with Gasteiger partial charge < -0.3 is 5.32 Å². The Balaban J connectivity index is 1.61. The predicted octanol–water partition coefficient (Wildman–Crippen LogP) is 1.92. The molecule has 0 spiro atoms. The molecular formula is C16H24N4O. The lowest BCUT2D eigenvalue weighted by atomic mass is 9.53. The molecule has 2 N–H and O–H groups in total. The van der Waals surface area contributed by atoms with Crippen molar-refractivity contribution in [1.29, 1.82) is 0 Å². The van der Waals surface area contributed by atoms with Crippen molar-refractivity contribution in [3.8, 4) is 0 Å². The third-order valence-corrected chi connectivity index (χ3v) is 6.55. The summed E-state index contributed by atoms with van der Waals surface area (Å²) in [5, 5.41) is 10.7. The zero-order chi connectivity index (χ0) is 14.0. The van der Waals surface area contributed by atoms with Crippen LogP contribution in [-0.2, 0) is 5.54 Å². The van der Waals surface area contributed by atoms with Gasteiger partial charge in [0.15, 0.2) is 5.82 Å². The molecule has 4 bridgehead atoms. The first kappa shape index (κ1) is 12.4. The van der Waals surface area contributed by atoms with E-state index in [1.807, 2.05) is 0 Å². The van der Waals surface area contributed by atoms with Crippen LogP contribution >= 0.6 is 0 Å². The maximum absolute atomic E-state index is 12.5. The lowest BCUT2D eigenvalue weighted by Crippen LogP contribution is -2.55. The molecule has 1 aliphatic heterocycles. The van der Waals surface area contributed by atoms with Crippen LogP contribution in [0.1, 0.15) is 63.2 Å². The molecule has 5 heteroatoms. The summed E-state index contributed by atoms with van der Waals surface area (Å²) in [5.41, 5.74) is 0.110. The van der Waals surface area contributed by atoms with Crippen molar-refractivity contribution in [1.82, 2.24) is 20.1 Å². The number of aromatic nitrogens is 3. The first-order valence-electron chi connectivity index (χ1n) is 8.65. The molecule has 1 unspecified atom stereocenters. The third-order valence-electron chi connectivity index (χ3n) is 6.55. The molecule has 4 saturated carbocycles. The second kappa shape index (κ2) is 4.22. The molecule has 2 heterocycles. The van der Waals surface area contributed by atoms with E-state index in [0.29, 0.717) is 0 Å². The number of hydrogen-bond donors (Lipinski definition) is 2. The van der Waals surface area contributed by atoms with Crippen LogP contribution in [0.4, 0.5) is 0 Å². The third kappa shape index (κ3) is 1.73. The second-order valence-electron chi connectivity index (χ2n) is 8.01. The van der Waals surface area contributed by atoms with Gasteiger partial charge in [0.25, 0.3) is 0 Å². The van der Waals surface area contributed by atoms with Crippen LogP contribution in [0.3, 0.4) is 0 Å². The highest BCUT2D eigenvalue weighted by Crippen LogP contribution is 2.58. The fourth-order valence-corrected chi connectivity index (χ4v) is 6.25. The minimum atomic E-state index is 0.0284. The molecule has 5 fully saturated rings. The monoisotopic (exact) mass is 288 g/mol. The fourth-order valence-electron chi connectivity index (χ4n) is 6.25. The normalized spacial score (nSPS) is 44.6. The Kier molecular flexibility index (Phi) is 2.50. The van der Waals surface area contributed by atoms with E-state index in [0.717, 1.165) is 36.5 Å². The number of H-pyrrole nitrogens is 1. The zero-order valence-electron chi connectivity index (χ0n) is 12.5. The Morgan fingerprint density at radius 2 is 1.76 bits per heavy atom. The van der Waals surface area contributed by atoms with Gasteiger partial charge in [-0.2, -0.15) is 5.10 Å². The topological polar surface area (TPSA) is 62.7 Å². The summed E-state index contributed by atoms with van der Waals surface area (Å²) >= 11 is 0. The zero-order valence-corrected chi connectivity index (χ0v) is 12.5. The molecule has 1 atom stereocenters. The summed E-state index contributed by atoms with van der Waals surface area (Å²) in [6, 6.07) is 0.275. The molecule has 114 valence electrons. The quantitative estimate of drug-likeness (QED) is 0.874. The van der Waals surface area contributed by atoms with Crippen molar-refractivity contribution in [3.63, 3.8) is 0 Å². The Bertz CT molecular complexity index is 575. The molecule has 5 aliphatic rings. The van der Waals surface area contributed by atoms with Crippen LogP contribution in [0, 0.1) is 17.8 Å². The number of nitrogens with zero attached hydrogens (tertiary/aromatic N) is 2. The minimum Gasteiger partial charge on any atom is -0.307 e. The molecule has 1 saturated heterocycles. The van der Waals surface area contributed by atoms with Crippen molar-refractivity contribution < 1.29 is 0 Å². The van der Waals surface area contributed by atoms with Gasteiger partial charge in [-0.15, -0.1) is 0 Å². The van der Waals surface area contributed by atoms with E-state index in [1.165, 1.54) is 44.9 Å². The smallest absolute Gasteiger partial charge is 0.307 e. The van der Waals surface area contributed by atoms with E-state index in [4.69, 9.17) is 0 Å². The molecule has 6 rings (SSSR count). The van der Waals surface area contributed by atoms with Gasteiger partial charge in [0.2, 0.25) is 0 Å². The molecule has 0 aromatic carbocycles. The summed E-state index contributed by atoms with van der Waals surface area (Å²) in [4.78, 5) is 12.5. The predicted molar refractivity (Wildman–Crippen MR) is 79.0 cm³/mol. The lowest BCUT2D eigenvalue weighted by Gasteiger charge is -2.57. The van der Waals surface area contributed by atoms with Gasteiger partial charge in [-0.1, -0.05) is 0 Å². The summed E-state index contributed by atoms with van der Waals surface area (Å²) in [5.74, 6) is 3.53. The molecule has 4 aliphatic carbocycles. The van der Waals surface area contributed by atoms with Gasteiger partial charge in [-0.25, -0.2) is 9.89 Å². The van der Waals surface area contributed by atoms with Crippen LogP contribution in [0.15, 0.2) is 4.79 Å². The molecule has 0 amide bonds. The van der Waals surface area contributed by atoms with Gasteiger partial charge in [0, 0.05) is 0 Å². The molecule has 1 aromatic heterocycles. The Morgan fingerprint density at radius 1 is 1.10 bits per heavy atom. The summed E-state index contributed by atoms with van der Waals surface area (Å²) < 4.78 is 2.10. The van der Waals surface area contributed by atoms with E-state index < -0.39 is 0 Å². The van der Waals surface area contributed by atoms with Crippen LogP contribution in [-0.4, -0.2) is 21.3 Å². The fraction of sp³-hybridized carbons (Fsp3) is 0.875. The molecule has 0 radical (unpaired) electrons. The van der Waals surface area contributed by atoms with E-state index in [1.54, 1.807) is 0 Å². The number of hydrogen-bond acceptors (Lipinski definition) is 3. The first-order valence-corrected chi connectivity index (χ1v) is 8.65. The van der Waals surface area contributed by atoms with Crippen molar-refractivity contribution >= 4 is 0 Å². The Labute approximate surface area is 124 Å². The van der Waals surface area contributed by atoms with Crippen LogP contribution in [0.2, 0.25) is 0 Å². The van der Waals surface area contributed by atoms with Gasteiger partial charge >= 0.3 is 5.69 Å². The molecular weight excluding hydrogens is 264 g/mol. The molecule has 1 aromatic rings. The maximum atomic E-state index is 12.5. The average molecular weight is 288 g/mol. The maximum Gasteiger partial charge on any atom is 0.343 e. The SMILES string of the molecule is O=c1[nH]nc(C2CCCN2)n1C12CC3CC(CC(C3)C1)C2. The van der Waals surface area contributed by atoms with Crippen LogP contribution in [0.5, 0.6) is 0 Å². The highest BCUT2D eigenvalue weighted by molar-refractivity contribution is 5.11. The molecule has 21 heavy (non-hydrogen) atoms. The van der Waals surface area contributed by atoms with Crippen molar-refractivity contribution in [2.24, 2.45) is 17.8 Å². The standard InChI is InChI=1S/C16H24N4O/c21-15-19-18-14(13-2-1-3-17-13)20(15)16-7-10-4-11(8-16)6-12(5-10)9-16/h10-13,17H,1-9H2,(H,19,21). The highest BCUT2D eigenvalue weighted by atomic mass is 16.1. The van der Waals surface area contributed by atoms with Crippen molar-refractivity contribution in [3.05, 3.63) is 16.3 Å². The van der Waals surface area contributed by atoms with E-state index in [9.17, 15) is 4.79 Å². The lowest BCUT2D eigenvalue weighted by molar-refractivity contribution is -0.0466. The van der Waals surface area contributed by atoms with E-state index in [2.05, 4.69) is 20.1 Å². The van der Waals surface area contributed by atoms with Gasteiger partial charge in [0.1, 0.15) is 0 Å².